The van der Waals surface area contributed by atoms with Crippen molar-refractivity contribution in [2.24, 2.45) is 5.73 Å². The summed E-state index contributed by atoms with van der Waals surface area (Å²) in [6, 6.07) is 5.71. The van der Waals surface area contributed by atoms with Crippen LogP contribution in [-0.2, 0) is 12.4 Å². The van der Waals surface area contributed by atoms with Gasteiger partial charge in [0, 0.05) is 5.56 Å². The molecule has 0 bridgehead atoms. The summed E-state index contributed by atoms with van der Waals surface area (Å²) in [7, 11) is 0. The number of halogens is 1. The van der Waals surface area contributed by atoms with Gasteiger partial charge in [-0.25, -0.2) is 4.98 Å². The van der Waals surface area contributed by atoms with Gasteiger partial charge in [0.1, 0.15) is 5.52 Å². The van der Waals surface area contributed by atoms with E-state index in [4.69, 9.17) is 21.8 Å². The lowest BCUT2D eigenvalue weighted by Crippen LogP contribution is -1.94. The highest BCUT2D eigenvalue weighted by Crippen LogP contribution is 2.20. The van der Waals surface area contributed by atoms with Crippen molar-refractivity contribution in [3.63, 3.8) is 0 Å². The molecule has 68 valence electrons. The maximum atomic E-state index is 5.74. The van der Waals surface area contributed by atoms with Crippen molar-refractivity contribution in [2.45, 2.75) is 12.4 Å². The second-order valence-corrected chi connectivity index (χ2v) is 2.98. The molecule has 1 aromatic heterocycles. The van der Waals surface area contributed by atoms with E-state index in [1.54, 1.807) is 0 Å². The molecule has 0 fully saturated rings. The van der Waals surface area contributed by atoms with Crippen molar-refractivity contribution in [3.05, 3.63) is 29.7 Å². The smallest absolute Gasteiger partial charge is 0.209 e. The van der Waals surface area contributed by atoms with Gasteiger partial charge in [0.25, 0.3) is 0 Å². The number of fused-ring (bicyclic) bond motifs is 1. The highest BCUT2D eigenvalue weighted by atomic mass is 35.5. The molecule has 4 heteroatoms. The molecule has 0 aliphatic rings. The molecule has 0 radical (unpaired) electrons. The van der Waals surface area contributed by atoms with Gasteiger partial charge >= 0.3 is 0 Å². The first kappa shape index (κ1) is 8.53. The lowest BCUT2D eigenvalue weighted by molar-refractivity contribution is 0.531. The summed E-state index contributed by atoms with van der Waals surface area (Å²) in [5, 5.41) is 0. The zero-order chi connectivity index (χ0) is 9.26. The molecule has 1 aromatic carbocycles. The molecule has 0 saturated heterocycles. The van der Waals surface area contributed by atoms with Crippen molar-refractivity contribution in [1.82, 2.24) is 4.98 Å². The molecule has 13 heavy (non-hydrogen) atoms. The van der Waals surface area contributed by atoms with E-state index in [0.717, 1.165) is 16.7 Å². The van der Waals surface area contributed by atoms with E-state index in [1.807, 2.05) is 18.2 Å². The van der Waals surface area contributed by atoms with Crippen LogP contribution in [0.5, 0.6) is 0 Å². The van der Waals surface area contributed by atoms with E-state index >= 15 is 0 Å². The second-order valence-electron chi connectivity index (χ2n) is 2.71. The Morgan fingerprint density at radius 2 is 2.31 bits per heavy atom. The number of benzene rings is 1. The molecule has 3 nitrogen and oxygen atoms in total. The Morgan fingerprint density at radius 1 is 1.46 bits per heavy atom. The van der Waals surface area contributed by atoms with Crippen LogP contribution < -0.4 is 5.73 Å². The predicted octanol–water partition coefficient (Wildman–Crippen LogP) is 2.03. The van der Waals surface area contributed by atoms with E-state index in [9.17, 15) is 0 Å². The summed E-state index contributed by atoms with van der Waals surface area (Å²) in [6.45, 7) is 0.316. The molecule has 0 unspecified atom stereocenters. The summed E-state index contributed by atoms with van der Waals surface area (Å²) >= 11 is 5.74. The standard InChI is InChI=1S/C9H9ClN2O/c10-4-6-2-1-3-7-9(6)13-8(5-11)12-7/h1-3H,4-5,11H2. The Labute approximate surface area is 80.5 Å². The number of nitrogens with two attached hydrogens (primary N) is 1. The lowest BCUT2D eigenvalue weighted by atomic mass is 10.2. The largest absolute Gasteiger partial charge is 0.439 e. The average molecular weight is 197 g/mol. The molecular weight excluding hydrogens is 188 g/mol. The van der Waals surface area contributed by atoms with Gasteiger partial charge in [-0.15, -0.1) is 11.6 Å². The minimum absolute atomic E-state index is 0.316. The first-order valence-corrected chi connectivity index (χ1v) is 4.52. The fourth-order valence-electron chi connectivity index (χ4n) is 1.24. The maximum absolute atomic E-state index is 5.74. The van der Waals surface area contributed by atoms with Gasteiger partial charge in [-0.3, -0.25) is 0 Å². The molecule has 0 atom stereocenters. The minimum atomic E-state index is 0.316. The van der Waals surface area contributed by atoms with E-state index in [-0.39, 0.29) is 0 Å². The van der Waals surface area contributed by atoms with Gasteiger partial charge in [-0.1, -0.05) is 12.1 Å². The molecule has 2 rings (SSSR count). The normalized spacial score (nSPS) is 10.9. The molecular formula is C9H9ClN2O. The van der Waals surface area contributed by atoms with Crippen molar-refractivity contribution >= 4 is 22.7 Å². The number of rotatable bonds is 2. The summed E-state index contributed by atoms with van der Waals surface area (Å²) < 4.78 is 5.42. The van der Waals surface area contributed by atoms with Gasteiger partial charge in [-0.2, -0.15) is 0 Å². The molecule has 0 aliphatic heterocycles. The van der Waals surface area contributed by atoms with Crippen LogP contribution in [0, 0.1) is 0 Å². The van der Waals surface area contributed by atoms with Crippen molar-refractivity contribution in [3.8, 4) is 0 Å². The number of hydrogen-bond donors (Lipinski definition) is 1. The molecule has 0 spiro atoms. The topological polar surface area (TPSA) is 52.0 Å². The number of nitrogens with zero attached hydrogens (tertiary/aromatic N) is 1. The van der Waals surface area contributed by atoms with Gasteiger partial charge in [0.05, 0.1) is 12.4 Å². The molecule has 0 saturated carbocycles. The Bertz CT molecular complexity index is 424. The number of alkyl halides is 1. The van der Waals surface area contributed by atoms with Crippen LogP contribution in [0.1, 0.15) is 11.5 Å². The zero-order valence-corrected chi connectivity index (χ0v) is 7.71. The Hall–Kier alpha value is -1.06. The van der Waals surface area contributed by atoms with Crippen LogP contribution in [0.25, 0.3) is 11.1 Å². The van der Waals surface area contributed by atoms with Gasteiger partial charge in [0.15, 0.2) is 5.58 Å². The third-order valence-electron chi connectivity index (χ3n) is 1.86. The quantitative estimate of drug-likeness (QED) is 0.748. The van der Waals surface area contributed by atoms with Crippen LogP contribution in [0.15, 0.2) is 22.6 Å². The zero-order valence-electron chi connectivity index (χ0n) is 6.96. The van der Waals surface area contributed by atoms with E-state index in [1.165, 1.54) is 0 Å². The van der Waals surface area contributed by atoms with Gasteiger partial charge in [-0.05, 0) is 6.07 Å². The van der Waals surface area contributed by atoms with Crippen LogP contribution >= 0.6 is 11.6 Å². The summed E-state index contributed by atoms with van der Waals surface area (Å²) in [6.07, 6.45) is 0. The maximum Gasteiger partial charge on any atom is 0.209 e. The van der Waals surface area contributed by atoms with E-state index in [0.29, 0.717) is 18.3 Å². The molecule has 2 N–H and O–H groups in total. The molecule has 1 heterocycles. The summed E-state index contributed by atoms with van der Waals surface area (Å²) in [4.78, 5) is 4.19. The fraction of sp³-hybridized carbons (Fsp3) is 0.222. The van der Waals surface area contributed by atoms with Crippen molar-refractivity contribution < 1.29 is 4.42 Å². The molecule has 2 aromatic rings. The third-order valence-corrected chi connectivity index (χ3v) is 2.15. The Morgan fingerprint density at radius 3 is 3.00 bits per heavy atom. The SMILES string of the molecule is NCc1nc2cccc(CCl)c2o1. The molecule has 0 aliphatic carbocycles. The fourth-order valence-corrected chi connectivity index (χ4v) is 1.46. The van der Waals surface area contributed by atoms with Gasteiger partial charge < -0.3 is 10.2 Å². The van der Waals surface area contributed by atoms with Crippen molar-refractivity contribution in [1.29, 1.82) is 0 Å². The highest BCUT2D eigenvalue weighted by molar-refractivity contribution is 6.17. The van der Waals surface area contributed by atoms with Crippen LogP contribution in [0.2, 0.25) is 0 Å². The highest BCUT2D eigenvalue weighted by Gasteiger charge is 2.07. The van der Waals surface area contributed by atoms with Gasteiger partial charge in [0.2, 0.25) is 5.89 Å². The van der Waals surface area contributed by atoms with Crippen LogP contribution in [-0.4, -0.2) is 4.98 Å². The summed E-state index contributed by atoms with van der Waals surface area (Å²) in [5.41, 5.74) is 7.93. The lowest BCUT2D eigenvalue weighted by Gasteiger charge is -1.93. The first-order valence-electron chi connectivity index (χ1n) is 3.98. The predicted molar refractivity (Wildman–Crippen MR) is 51.5 cm³/mol. The second kappa shape index (κ2) is 3.36. The molecule has 0 amide bonds. The number of hydrogen-bond acceptors (Lipinski definition) is 3. The van der Waals surface area contributed by atoms with Crippen molar-refractivity contribution in [2.75, 3.05) is 0 Å². The Kier molecular flexibility index (Phi) is 2.20. The average Bonchev–Trinajstić information content (AvgIpc) is 2.59. The minimum Gasteiger partial charge on any atom is -0.439 e. The summed E-state index contributed by atoms with van der Waals surface area (Å²) in [5.74, 6) is 0.976. The van der Waals surface area contributed by atoms with Crippen LogP contribution in [0.3, 0.4) is 0 Å². The Balaban J connectivity index is 2.67. The number of aromatic nitrogens is 1. The number of para-hydroxylation sites is 1. The van der Waals surface area contributed by atoms with E-state index < -0.39 is 0 Å². The third kappa shape index (κ3) is 1.41. The van der Waals surface area contributed by atoms with Crippen LogP contribution in [0.4, 0.5) is 0 Å². The number of oxazole rings is 1. The van der Waals surface area contributed by atoms with E-state index in [2.05, 4.69) is 4.98 Å². The first-order chi connectivity index (χ1) is 6.35. The monoisotopic (exact) mass is 196 g/mol.